The first-order valence-corrected chi connectivity index (χ1v) is 6.67. The molecule has 2 unspecified atom stereocenters. The first-order valence-electron chi connectivity index (χ1n) is 6.67. The number of hydrogen-bond donors (Lipinski definition) is 3. The van der Waals surface area contributed by atoms with Crippen molar-refractivity contribution in [1.82, 2.24) is 0 Å². The zero-order valence-electron chi connectivity index (χ0n) is 12.7. The maximum atomic E-state index is 11.1. The number of hydrogen-bond acceptors (Lipinski definition) is 5. The molecular formula is C15H24O5. The topological polar surface area (TPSA) is 87.0 Å². The maximum Gasteiger partial charge on any atom is 0.302 e. The van der Waals surface area contributed by atoms with Crippen molar-refractivity contribution in [2.24, 2.45) is 5.41 Å². The zero-order chi connectivity index (χ0) is 15.7. The second kappa shape index (κ2) is 5.48. The van der Waals surface area contributed by atoms with E-state index in [4.69, 9.17) is 4.74 Å². The van der Waals surface area contributed by atoms with Crippen LogP contribution in [0.25, 0.3) is 0 Å². The minimum Gasteiger partial charge on any atom is -0.512 e. The van der Waals surface area contributed by atoms with Crippen LogP contribution in [-0.2, 0) is 9.53 Å². The summed E-state index contributed by atoms with van der Waals surface area (Å²) in [6, 6.07) is 0. The molecule has 0 radical (unpaired) electrons. The van der Waals surface area contributed by atoms with Gasteiger partial charge in [0.05, 0.1) is 11.4 Å². The first kappa shape index (κ1) is 16.6. The van der Waals surface area contributed by atoms with Gasteiger partial charge in [0.15, 0.2) is 0 Å². The Labute approximate surface area is 119 Å². The molecule has 20 heavy (non-hydrogen) atoms. The summed E-state index contributed by atoms with van der Waals surface area (Å²) in [6.07, 6.45) is 1.54. The van der Waals surface area contributed by atoms with Crippen molar-refractivity contribution in [2.45, 2.75) is 59.2 Å². The molecule has 0 saturated heterocycles. The summed E-state index contributed by atoms with van der Waals surface area (Å²) in [7, 11) is 0. The van der Waals surface area contributed by atoms with Gasteiger partial charge >= 0.3 is 5.97 Å². The van der Waals surface area contributed by atoms with Gasteiger partial charge in [0, 0.05) is 25.0 Å². The van der Waals surface area contributed by atoms with Crippen molar-refractivity contribution in [2.75, 3.05) is 0 Å². The molecule has 5 heteroatoms. The molecule has 1 fully saturated rings. The summed E-state index contributed by atoms with van der Waals surface area (Å²) < 4.78 is 5.20. The highest BCUT2D eigenvalue weighted by Crippen LogP contribution is 2.48. The molecular weight excluding hydrogens is 260 g/mol. The Bertz CT molecular complexity index is 433. The number of rotatable bonds is 2. The van der Waals surface area contributed by atoms with Gasteiger partial charge in [0.2, 0.25) is 0 Å². The van der Waals surface area contributed by atoms with Gasteiger partial charge in [0.1, 0.15) is 11.9 Å². The molecule has 3 N–H and O–H groups in total. The number of esters is 1. The lowest BCUT2D eigenvalue weighted by Gasteiger charge is -2.45. The highest BCUT2D eigenvalue weighted by Gasteiger charge is 2.47. The maximum absolute atomic E-state index is 11.1. The van der Waals surface area contributed by atoms with Crippen molar-refractivity contribution in [3.63, 3.8) is 0 Å². The molecule has 1 aliphatic carbocycles. The Morgan fingerprint density at radius 1 is 1.25 bits per heavy atom. The molecule has 0 aliphatic heterocycles. The molecule has 0 aromatic heterocycles. The van der Waals surface area contributed by atoms with Crippen molar-refractivity contribution in [3.8, 4) is 0 Å². The van der Waals surface area contributed by atoms with Gasteiger partial charge in [0.25, 0.3) is 0 Å². The summed E-state index contributed by atoms with van der Waals surface area (Å²) in [6.45, 7) is 8.09. The number of carbonyl (C=O) groups excluding carboxylic acids is 1. The molecule has 0 aromatic carbocycles. The van der Waals surface area contributed by atoms with Gasteiger partial charge in [-0.1, -0.05) is 13.8 Å². The van der Waals surface area contributed by atoms with Crippen molar-refractivity contribution in [3.05, 3.63) is 23.2 Å². The van der Waals surface area contributed by atoms with E-state index in [0.717, 1.165) is 0 Å². The van der Waals surface area contributed by atoms with Crippen LogP contribution in [0.1, 0.15) is 47.5 Å². The lowest BCUT2D eigenvalue weighted by molar-refractivity contribution is -0.152. The third kappa shape index (κ3) is 3.76. The molecule has 0 spiro atoms. The highest BCUT2D eigenvalue weighted by molar-refractivity contribution is 5.66. The molecule has 1 saturated carbocycles. The zero-order valence-corrected chi connectivity index (χ0v) is 12.7. The van der Waals surface area contributed by atoms with Crippen LogP contribution in [0.4, 0.5) is 0 Å². The van der Waals surface area contributed by atoms with Crippen molar-refractivity contribution >= 4 is 5.97 Å². The van der Waals surface area contributed by atoms with Gasteiger partial charge in [-0.2, -0.15) is 0 Å². The van der Waals surface area contributed by atoms with E-state index in [-0.39, 0.29) is 23.9 Å². The van der Waals surface area contributed by atoms with Crippen LogP contribution >= 0.6 is 0 Å². The Morgan fingerprint density at radius 3 is 2.20 bits per heavy atom. The molecule has 0 heterocycles. The average Bonchev–Trinajstić information content (AvgIpc) is 2.08. The first-order chi connectivity index (χ1) is 8.95. The summed E-state index contributed by atoms with van der Waals surface area (Å²) in [4.78, 5) is 11.1. The number of carbonyl (C=O) groups is 1. The van der Waals surface area contributed by atoms with Crippen LogP contribution in [0.15, 0.2) is 23.2 Å². The van der Waals surface area contributed by atoms with Gasteiger partial charge in [-0.25, -0.2) is 0 Å². The molecule has 1 aliphatic rings. The van der Waals surface area contributed by atoms with E-state index in [1.165, 1.54) is 19.9 Å². The summed E-state index contributed by atoms with van der Waals surface area (Å²) in [5, 5.41) is 30.1. The van der Waals surface area contributed by atoms with E-state index in [1.807, 2.05) is 13.8 Å². The second-order valence-corrected chi connectivity index (χ2v) is 6.34. The lowest BCUT2D eigenvalue weighted by atomic mass is 9.64. The fraction of sp³-hybridized carbons (Fsp3) is 0.667. The number of allylic oxidation sites excluding steroid dienone is 2. The molecule has 5 nitrogen and oxygen atoms in total. The van der Waals surface area contributed by atoms with E-state index in [2.05, 4.69) is 0 Å². The Balaban J connectivity index is 3.22. The molecule has 1 rings (SSSR count). The van der Waals surface area contributed by atoms with Gasteiger partial charge in [-0.3, -0.25) is 4.79 Å². The van der Waals surface area contributed by atoms with Crippen LogP contribution in [-0.4, -0.2) is 33.0 Å². The standard InChI is InChI=1S/C15H24O5/c1-9(16)6-12(18)13-14(3,4)7-11(20-10(2)17)8-15(13,5)19/h6,11,16,18-19H,7-8H2,1-5H3. The van der Waals surface area contributed by atoms with Gasteiger partial charge in [-0.05, 0) is 25.7 Å². The predicted octanol–water partition coefficient (Wildman–Crippen LogP) is 2.76. The van der Waals surface area contributed by atoms with Crippen LogP contribution < -0.4 is 0 Å². The second-order valence-electron chi connectivity index (χ2n) is 6.34. The third-order valence-electron chi connectivity index (χ3n) is 3.51. The Morgan fingerprint density at radius 2 is 1.80 bits per heavy atom. The molecule has 0 aromatic rings. The summed E-state index contributed by atoms with van der Waals surface area (Å²) in [5.41, 5.74) is -1.42. The third-order valence-corrected chi connectivity index (χ3v) is 3.51. The molecule has 2 atom stereocenters. The van der Waals surface area contributed by atoms with Gasteiger partial charge < -0.3 is 20.1 Å². The van der Waals surface area contributed by atoms with Crippen LogP contribution in [0, 0.1) is 5.41 Å². The summed E-state index contributed by atoms with van der Waals surface area (Å²) in [5.74, 6) is -0.561. The van der Waals surface area contributed by atoms with Crippen LogP contribution in [0.5, 0.6) is 0 Å². The largest absolute Gasteiger partial charge is 0.512 e. The average molecular weight is 284 g/mol. The normalized spacial score (nSPS) is 32.7. The smallest absolute Gasteiger partial charge is 0.302 e. The quantitative estimate of drug-likeness (QED) is 0.536. The molecule has 114 valence electrons. The Hall–Kier alpha value is -1.49. The number of aliphatic hydroxyl groups excluding tert-OH is 2. The summed E-state index contributed by atoms with van der Waals surface area (Å²) >= 11 is 0. The molecule has 0 bridgehead atoms. The van der Waals surface area contributed by atoms with Crippen LogP contribution in [0.2, 0.25) is 0 Å². The van der Waals surface area contributed by atoms with Crippen LogP contribution in [0.3, 0.4) is 0 Å². The lowest BCUT2D eigenvalue weighted by Crippen LogP contribution is -2.47. The van der Waals surface area contributed by atoms with Crippen molar-refractivity contribution in [1.29, 1.82) is 0 Å². The fourth-order valence-corrected chi connectivity index (χ4v) is 3.23. The molecule has 0 amide bonds. The monoisotopic (exact) mass is 284 g/mol. The van der Waals surface area contributed by atoms with Crippen molar-refractivity contribution < 1.29 is 24.9 Å². The number of ether oxygens (including phenoxy) is 1. The minimum atomic E-state index is -1.31. The highest BCUT2D eigenvalue weighted by atomic mass is 16.5. The van der Waals surface area contributed by atoms with E-state index >= 15 is 0 Å². The SMILES string of the molecule is CC(=O)OC1CC(C)(C)C(=C(O)C=C(C)O)C(C)(O)C1. The van der Waals surface area contributed by atoms with E-state index in [0.29, 0.717) is 12.0 Å². The van der Waals surface area contributed by atoms with E-state index in [9.17, 15) is 20.1 Å². The Kier molecular flexibility index (Phi) is 4.54. The predicted molar refractivity (Wildman–Crippen MR) is 75.2 cm³/mol. The number of aliphatic hydroxyl groups is 3. The van der Waals surface area contributed by atoms with E-state index < -0.39 is 17.1 Å². The van der Waals surface area contributed by atoms with Gasteiger partial charge in [-0.15, -0.1) is 0 Å². The minimum absolute atomic E-state index is 0.0382. The van der Waals surface area contributed by atoms with E-state index in [1.54, 1.807) is 6.92 Å². The fourth-order valence-electron chi connectivity index (χ4n) is 3.23.